The number of urea groups is 1. The van der Waals surface area contributed by atoms with E-state index < -0.39 is 22.0 Å². The molecule has 33 heavy (non-hydrogen) atoms. The quantitative estimate of drug-likeness (QED) is 0.642. The molecule has 176 valence electrons. The zero-order chi connectivity index (χ0) is 23.4. The number of piperidine rings is 1. The van der Waals surface area contributed by atoms with Crippen molar-refractivity contribution in [1.29, 1.82) is 0 Å². The van der Waals surface area contributed by atoms with Crippen molar-refractivity contribution in [1.82, 2.24) is 14.5 Å². The maximum absolute atomic E-state index is 13.2. The first-order valence-electron chi connectivity index (χ1n) is 11.1. The lowest BCUT2D eigenvalue weighted by molar-refractivity contribution is -0.125. The van der Waals surface area contributed by atoms with E-state index in [0.29, 0.717) is 43.4 Å². The van der Waals surface area contributed by atoms with E-state index in [0.717, 1.165) is 29.7 Å². The van der Waals surface area contributed by atoms with Gasteiger partial charge in [0.2, 0.25) is 15.9 Å². The molecule has 2 heterocycles. The van der Waals surface area contributed by atoms with Crippen LogP contribution in [0.2, 0.25) is 0 Å². The molecule has 9 nitrogen and oxygen atoms in total. The topological polar surface area (TPSA) is 108 Å². The Balaban J connectivity index is 1.61. The number of benzene rings is 2. The van der Waals surface area contributed by atoms with Crippen LogP contribution in [0.4, 0.5) is 10.5 Å². The van der Waals surface area contributed by atoms with Gasteiger partial charge in [-0.15, -0.1) is 0 Å². The maximum Gasteiger partial charge on any atom is 0.324 e. The number of nitrogens with one attached hydrogen (secondary N) is 2. The largest absolute Gasteiger partial charge is 0.455 e. The Hall–Kier alpha value is -3.11. The SMILES string of the molecule is Cc1cccc(Oc2ccc(S(=O)(=O)N3CCCCC3)cc2NCC(=O)N2CCNC2=O)c1. The average Bonchev–Trinajstić information content (AvgIpc) is 3.24. The number of imide groups is 1. The zero-order valence-electron chi connectivity index (χ0n) is 18.5. The summed E-state index contributed by atoms with van der Waals surface area (Å²) in [6.45, 7) is 3.47. The Labute approximate surface area is 193 Å². The van der Waals surface area contributed by atoms with E-state index in [1.165, 1.54) is 16.4 Å². The van der Waals surface area contributed by atoms with Gasteiger partial charge in [-0.3, -0.25) is 9.69 Å². The van der Waals surface area contributed by atoms with Gasteiger partial charge in [-0.25, -0.2) is 13.2 Å². The van der Waals surface area contributed by atoms with Gasteiger partial charge in [0.25, 0.3) is 0 Å². The Morgan fingerprint density at radius 2 is 1.88 bits per heavy atom. The van der Waals surface area contributed by atoms with Crippen molar-refractivity contribution in [2.45, 2.75) is 31.1 Å². The Morgan fingerprint density at radius 1 is 1.09 bits per heavy atom. The summed E-state index contributed by atoms with van der Waals surface area (Å²) < 4.78 is 33.9. The third kappa shape index (κ3) is 5.28. The molecule has 0 atom stereocenters. The van der Waals surface area contributed by atoms with Crippen LogP contribution in [-0.4, -0.2) is 62.3 Å². The number of hydrogen-bond acceptors (Lipinski definition) is 6. The summed E-state index contributed by atoms with van der Waals surface area (Å²) in [4.78, 5) is 25.6. The summed E-state index contributed by atoms with van der Waals surface area (Å²) in [6.07, 6.45) is 2.70. The summed E-state index contributed by atoms with van der Waals surface area (Å²) in [5, 5.41) is 5.57. The van der Waals surface area contributed by atoms with Crippen molar-refractivity contribution in [3.05, 3.63) is 48.0 Å². The van der Waals surface area contributed by atoms with E-state index in [4.69, 9.17) is 4.74 Å². The van der Waals surface area contributed by atoms with E-state index in [1.54, 1.807) is 12.1 Å². The van der Waals surface area contributed by atoms with Gasteiger partial charge in [0.15, 0.2) is 5.75 Å². The van der Waals surface area contributed by atoms with E-state index in [1.807, 2.05) is 25.1 Å². The molecule has 0 radical (unpaired) electrons. The summed E-state index contributed by atoms with van der Waals surface area (Å²) in [5.41, 5.74) is 1.38. The van der Waals surface area contributed by atoms with Gasteiger partial charge >= 0.3 is 6.03 Å². The minimum absolute atomic E-state index is 0.134. The molecule has 2 aromatic carbocycles. The Kier molecular flexibility index (Phi) is 6.85. The van der Waals surface area contributed by atoms with Crippen molar-refractivity contribution in [2.24, 2.45) is 0 Å². The van der Waals surface area contributed by atoms with E-state index >= 15 is 0 Å². The lowest BCUT2D eigenvalue weighted by atomic mass is 10.2. The average molecular weight is 473 g/mol. The van der Waals surface area contributed by atoms with Crippen LogP contribution in [0.15, 0.2) is 47.4 Å². The summed E-state index contributed by atoms with van der Waals surface area (Å²) in [5.74, 6) is 0.572. The van der Waals surface area contributed by atoms with Crippen LogP contribution < -0.4 is 15.4 Å². The first kappa shape index (κ1) is 23.1. The monoisotopic (exact) mass is 472 g/mol. The van der Waals surface area contributed by atoms with Crippen molar-refractivity contribution < 1.29 is 22.7 Å². The van der Waals surface area contributed by atoms with Gasteiger partial charge in [0.05, 0.1) is 17.1 Å². The molecule has 2 saturated heterocycles. The van der Waals surface area contributed by atoms with Crippen LogP contribution in [0.25, 0.3) is 0 Å². The fraction of sp³-hybridized carbons (Fsp3) is 0.391. The fourth-order valence-corrected chi connectivity index (χ4v) is 5.48. The minimum atomic E-state index is -3.67. The molecule has 0 bridgehead atoms. The second kappa shape index (κ2) is 9.80. The van der Waals surface area contributed by atoms with Gasteiger partial charge in [-0.05, 0) is 55.7 Å². The van der Waals surface area contributed by atoms with Crippen LogP contribution in [-0.2, 0) is 14.8 Å². The maximum atomic E-state index is 13.2. The van der Waals surface area contributed by atoms with Crippen molar-refractivity contribution in [3.8, 4) is 11.5 Å². The third-order valence-corrected chi connectivity index (χ3v) is 7.60. The fourth-order valence-electron chi connectivity index (χ4n) is 3.93. The van der Waals surface area contributed by atoms with Crippen molar-refractivity contribution in [2.75, 3.05) is 38.0 Å². The van der Waals surface area contributed by atoms with Gasteiger partial charge in [0.1, 0.15) is 5.75 Å². The molecular weight excluding hydrogens is 444 g/mol. The molecule has 2 fully saturated rings. The van der Waals surface area contributed by atoms with E-state index in [9.17, 15) is 18.0 Å². The zero-order valence-corrected chi connectivity index (χ0v) is 19.4. The Morgan fingerprint density at radius 3 is 2.58 bits per heavy atom. The van der Waals surface area contributed by atoms with Crippen molar-refractivity contribution in [3.63, 3.8) is 0 Å². The number of sulfonamides is 1. The first-order chi connectivity index (χ1) is 15.8. The van der Waals surface area contributed by atoms with Crippen LogP contribution in [0, 0.1) is 6.92 Å². The molecule has 10 heteroatoms. The van der Waals surface area contributed by atoms with Gasteiger partial charge < -0.3 is 15.4 Å². The van der Waals surface area contributed by atoms with Crippen LogP contribution in [0.1, 0.15) is 24.8 Å². The van der Waals surface area contributed by atoms with Gasteiger partial charge in [-0.1, -0.05) is 18.6 Å². The smallest absolute Gasteiger partial charge is 0.324 e. The summed E-state index contributed by atoms with van der Waals surface area (Å²) >= 11 is 0. The third-order valence-electron chi connectivity index (χ3n) is 5.71. The molecule has 4 rings (SSSR count). The highest BCUT2D eigenvalue weighted by Gasteiger charge is 2.28. The summed E-state index contributed by atoms with van der Waals surface area (Å²) in [6, 6.07) is 11.6. The number of nitrogens with zero attached hydrogens (tertiary/aromatic N) is 2. The molecule has 2 aromatic rings. The normalized spacial score (nSPS) is 17.0. The number of carbonyl (C=O) groups excluding carboxylic acids is 2. The molecule has 2 N–H and O–H groups in total. The highest BCUT2D eigenvalue weighted by molar-refractivity contribution is 7.89. The molecule has 2 aliphatic rings. The molecule has 0 aromatic heterocycles. The molecule has 0 aliphatic carbocycles. The number of aryl methyl sites for hydroxylation is 1. The number of hydrogen-bond donors (Lipinski definition) is 2. The molecule has 2 aliphatic heterocycles. The second-order valence-corrected chi connectivity index (χ2v) is 10.1. The van der Waals surface area contributed by atoms with Crippen LogP contribution in [0.3, 0.4) is 0 Å². The van der Waals surface area contributed by atoms with Crippen LogP contribution >= 0.6 is 0 Å². The number of ether oxygens (including phenoxy) is 1. The first-order valence-corrected chi connectivity index (χ1v) is 12.5. The predicted molar refractivity (Wildman–Crippen MR) is 124 cm³/mol. The second-order valence-electron chi connectivity index (χ2n) is 8.17. The summed E-state index contributed by atoms with van der Waals surface area (Å²) in [7, 11) is -3.67. The van der Waals surface area contributed by atoms with E-state index in [-0.39, 0.29) is 11.4 Å². The molecule has 0 spiro atoms. The number of amides is 3. The van der Waals surface area contributed by atoms with Crippen LogP contribution in [0.5, 0.6) is 11.5 Å². The Bertz CT molecular complexity index is 1150. The number of rotatable bonds is 7. The van der Waals surface area contributed by atoms with E-state index in [2.05, 4.69) is 10.6 Å². The van der Waals surface area contributed by atoms with Gasteiger partial charge in [-0.2, -0.15) is 4.31 Å². The highest BCUT2D eigenvalue weighted by Crippen LogP contribution is 2.33. The molecular formula is C23H28N4O5S. The number of carbonyl (C=O) groups is 2. The number of anilines is 1. The highest BCUT2D eigenvalue weighted by atomic mass is 32.2. The minimum Gasteiger partial charge on any atom is -0.455 e. The van der Waals surface area contributed by atoms with Crippen molar-refractivity contribution >= 4 is 27.6 Å². The lowest BCUT2D eigenvalue weighted by Crippen LogP contribution is -2.38. The lowest BCUT2D eigenvalue weighted by Gasteiger charge is -2.26. The molecule has 0 unspecified atom stereocenters. The molecule has 0 saturated carbocycles. The predicted octanol–water partition coefficient (Wildman–Crippen LogP) is 2.93. The van der Waals surface area contributed by atoms with Gasteiger partial charge in [0, 0.05) is 26.2 Å². The standard InChI is InChI=1S/C23H28N4O5S/c1-17-6-5-7-18(14-17)32-21-9-8-19(33(30,31)26-11-3-2-4-12-26)15-20(21)25-16-22(28)27-13-10-24-23(27)29/h5-9,14-15,25H,2-4,10-13,16H2,1H3,(H,24,29). The molecule has 3 amide bonds.